The van der Waals surface area contributed by atoms with Crippen LogP contribution in [0, 0.1) is 17.8 Å². The number of halogens is 4. The van der Waals surface area contributed by atoms with Crippen LogP contribution in [0.3, 0.4) is 0 Å². The van der Waals surface area contributed by atoms with E-state index in [1.54, 1.807) is 6.08 Å². The quantitative estimate of drug-likeness (QED) is 0.340. The summed E-state index contributed by atoms with van der Waals surface area (Å²) in [5.74, 6) is -6.18. The van der Waals surface area contributed by atoms with Crippen LogP contribution in [0.2, 0.25) is 0 Å². The molecule has 1 aromatic rings. The topological polar surface area (TPSA) is 110 Å². The van der Waals surface area contributed by atoms with Crippen molar-refractivity contribution < 1.29 is 42.2 Å². The number of ketones is 2. The van der Waals surface area contributed by atoms with Crippen molar-refractivity contribution in [3.8, 4) is 11.5 Å². The molecule has 1 heterocycles. The second-order valence-electron chi connectivity index (χ2n) is 8.52. The molecule has 2 N–H and O–H groups in total. The largest absolute Gasteiger partial charge is 0.573 e. The van der Waals surface area contributed by atoms with Crippen LogP contribution in [0.1, 0.15) is 24.3 Å². The molecular weight excluding hydrogens is 523 g/mol. The zero-order valence-electron chi connectivity index (χ0n) is 17.1. The number of benzene rings is 1. The van der Waals surface area contributed by atoms with Crippen LogP contribution < -0.4 is 10.1 Å². The average molecular weight is 538 g/mol. The predicted molar refractivity (Wildman–Crippen MR) is 113 cm³/mol. The third kappa shape index (κ3) is 3.49. The van der Waals surface area contributed by atoms with E-state index in [4.69, 9.17) is 0 Å². The molecule has 0 radical (unpaired) electrons. The van der Waals surface area contributed by atoms with E-state index in [2.05, 4.69) is 26.0 Å². The third-order valence-corrected chi connectivity index (χ3v) is 7.31. The molecular formula is C23H15BrF3NO6. The van der Waals surface area contributed by atoms with E-state index in [1.165, 1.54) is 0 Å². The summed E-state index contributed by atoms with van der Waals surface area (Å²) in [6.45, 7) is 0. The summed E-state index contributed by atoms with van der Waals surface area (Å²) in [4.78, 5) is 50.9. The molecule has 1 aliphatic heterocycles. The van der Waals surface area contributed by atoms with Crippen LogP contribution in [0.25, 0.3) is 0 Å². The molecule has 176 valence electrons. The van der Waals surface area contributed by atoms with Crippen LogP contribution in [-0.2, 0) is 19.2 Å². The molecule has 2 amide bonds. The summed E-state index contributed by atoms with van der Waals surface area (Å²) in [7, 11) is 0. The maximum atomic E-state index is 13.0. The Bertz CT molecular complexity index is 1280. The Balaban J connectivity index is 1.71. The Morgan fingerprint density at radius 3 is 2.53 bits per heavy atom. The monoisotopic (exact) mass is 537 g/mol. The molecule has 1 saturated heterocycles. The van der Waals surface area contributed by atoms with Gasteiger partial charge in [-0.2, -0.15) is 0 Å². The lowest BCUT2D eigenvalue weighted by atomic mass is 9.59. The maximum absolute atomic E-state index is 13.0. The molecule has 4 atom stereocenters. The van der Waals surface area contributed by atoms with Gasteiger partial charge < -0.3 is 9.84 Å². The second-order valence-corrected chi connectivity index (χ2v) is 9.37. The number of hydrogen-bond acceptors (Lipinski definition) is 6. The molecule has 34 heavy (non-hydrogen) atoms. The lowest BCUT2D eigenvalue weighted by Gasteiger charge is -2.42. The SMILES string of the molecule is O=C1C=C(Br)C(=O)C2=C1C(c1cc(OC(F)(F)F)ccc1O)C1=CCC3C(=O)NC(=O)C3C1C2. The lowest BCUT2D eigenvalue weighted by Crippen LogP contribution is -2.39. The van der Waals surface area contributed by atoms with E-state index >= 15 is 0 Å². The first-order valence-electron chi connectivity index (χ1n) is 10.3. The number of carbonyl (C=O) groups excluding carboxylic acids is 4. The third-order valence-electron chi connectivity index (χ3n) is 6.72. The van der Waals surface area contributed by atoms with Crippen molar-refractivity contribution >= 4 is 39.3 Å². The van der Waals surface area contributed by atoms with Crippen molar-refractivity contribution in [2.75, 3.05) is 0 Å². The van der Waals surface area contributed by atoms with Crippen LogP contribution in [0.5, 0.6) is 11.5 Å². The Labute approximate surface area is 198 Å². The highest BCUT2D eigenvalue weighted by Gasteiger charge is 2.53. The Morgan fingerprint density at radius 2 is 1.82 bits per heavy atom. The van der Waals surface area contributed by atoms with E-state index in [0.717, 1.165) is 24.3 Å². The van der Waals surface area contributed by atoms with E-state index in [9.17, 15) is 37.5 Å². The summed E-state index contributed by atoms with van der Waals surface area (Å²) in [6.07, 6.45) is -2.04. The minimum absolute atomic E-state index is 0.00650. The molecule has 0 spiro atoms. The highest BCUT2D eigenvalue weighted by Crippen LogP contribution is 2.55. The first kappa shape index (κ1) is 22.6. The molecule has 0 bridgehead atoms. The van der Waals surface area contributed by atoms with Gasteiger partial charge in [0.2, 0.25) is 11.8 Å². The van der Waals surface area contributed by atoms with Gasteiger partial charge in [0.25, 0.3) is 0 Å². The van der Waals surface area contributed by atoms with Crippen molar-refractivity contribution in [3.05, 3.63) is 57.1 Å². The first-order valence-corrected chi connectivity index (χ1v) is 11.1. The number of amides is 2. The van der Waals surface area contributed by atoms with Crippen molar-refractivity contribution in [3.63, 3.8) is 0 Å². The van der Waals surface area contributed by atoms with Crippen molar-refractivity contribution in [1.29, 1.82) is 0 Å². The van der Waals surface area contributed by atoms with Gasteiger partial charge >= 0.3 is 6.36 Å². The molecule has 3 aliphatic carbocycles. The number of allylic oxidation sites excluding steroid dienone is 6. The van der Waals surface area contributed by atoms with Gasteiger partial charge in [0.05, 0.1) is 16.3 Å². The zero-order chi connectivity index (χ0) is 24.5. The van der Waals surface area contributed by atoms with Crippen LogP contribution in [0.4, 0.5) is 13.2 Å². The van der Waals surface area contributed by atoms with Gasteiger partial charge in [0, 0.05) is 28.7 Å². The number of phenolic OH excluding ortho intramolecular Hbond substituents is 1. The number of Topliss-reactive ketones (excluding diaryl/α,β-unsaturated/α-hetero) is 1. The highest BCUT2D eigenvalue weighted by atomic mass is 79.9. The smallest absolute Gasteiger partial charge is 0.508 e. The number of ether oxygens (including phenoxy) is 1. The van der Waals surface area contributed by atoms with Crippen molar-refractivity contribution in [1.82, 2.24) is 5.32 Å². The molecule has 7 nitrogen and oxygen atoms in total. The number of carbonyl (C=O) groups is 4. The molecule has 5 rings (SSSR count). The van der Waals surface area contributed by atoms with E-state index in [0.29, 0.717) is 5.57 Å². The zero-order valence-corrected chi connectivity index (χ0v) is 18.7. The van der Waals surface area contributed by atoms with Crippen LogP contribution in [0.15, 0.2) is 51.6 Å². The number of imide groups is 1. The van der Waals surface area contributed by atoms with Gasteiger partial charge in [-0.3, -0.25) is 24.5 Å². The minimum atomic E-state index is -4.99. The molecule has 0 saturated carbocycles. The number of fused-ring (bicyclic) bond motifs is 3. The van der Waals surface area contributed by atoms with Crippen molar-refractivity contribution in [2.24, 2.45) is 17.8 Å². The van der Waals surface area contributed by atoms with Crippen LogP contribution in [-0.4, -0.2) is 34.8 Å². The standard InChI is InChI=1S/C23H15BrF3NO6/c24-14-7-16(30)19-13(20(14)31)6-11-9(2-3-10-18(11)22(33)28-21(10)32)17(19)12-5-8(1-4-15(12)29)34-23(25,26)27/h1-2,4-5,7,10-11,17-18,29H,3,6H2,(H,28,32,33). The predicted octanol–water partition coefficient (Wildman–Crippen LogP) is 3.34. The summed E-state index contributed by atoms with van der Waals surface area (Å²) in [5.41, 5.74) is 0.553. The number of alkyl halides is 3. The lowest BCUT2D eigenvalue weighted by molar-refractivity contribution is -0.274. The fourth-order valence-electron chi connectivity index (χ4n) is 5.43. The molecule has 4 unspecified atom stereocenters. The summed E-state index contributed by atoms with van der Waals surface area (Å²) >= 11 is 3.07. The van der Waals surface area contributed by atoms with Gasteiger partial charge in [0.15, 0.2) is 11.6 Å². The Kier molecular flexibility index (Phi) is 5.08. The second kappa shape index (κ2) is 7.66. The fraction of sp³-hybridized carbons (Fsp3) is 0.304. The number of aromatic hydroxyl groups is 1. The van der Waals surface area contributed by atoms with E-state index < -0.39 is 64.9 Å². The number of nitrogens with one attached hydrogen (secondary N) is 1. The van der Waals surface area contributed by atoms with Gasteiger partial charge in [-0.05, 0) is 52.9 Å². The summed E-state index contributed by atoms with van der Waals surface area (Å²) in [5, 5.41) is 12.9. The maximum Gasteiger partial charge on any atom is 0.573 e. The number of hydrogen-bond donors (Lipinski definition) is 2. The van der Waals surface area contributed by atoms with E-state index in [1.807, 2.05) is 0 Å². The average Bonchev–Trinajstić information content (AvgIpc) is 3.05. The van der Waals surface area contributed by atoms with Crippen molar-refractivity contribution in [2.45, 2.75) is 25.1 Å². The number of phenols is 1. The molecule has 1 fully saturated rings. The van der Waals surface area contributed by atoms with Gasteiger partial charge in [-0.15, -0.1) is 13.2 Å². The van der Waals surface area contributed by atoms with E-state index in [-0.39, 0.29) is 34.0 Å². The molecule has 4 aliphatic rings. The first-order chi connectivity index (χ1) is 16.0. The molecule has 1 aromatic carbocycles. The van der Waals surface area contributed by atoms with Gasteiger partial charge in [0.1, 0.15) is 11.5 Å². The summed E-state index contributed by atoms with van der Waals surface area (Å²) < 4.78 is 42.5. The Morgan fingerprint density at radius 1 is 1.09 bits per heavy atom. The minimum Gasteiger partial charge on any atom is -0.508 e. The molecule has 11 heteroatoms. The number of rotatable bonds is 2. The fourth-order valence-corrected chi connectivity index (χ4v) is 5.88. The highest BCUT2D eigenvalue weighted by molar-refractivity contribution is 9.12. The normalized spacial score (nSPS) is 28.6. The van der Waals surface area contributed by atoms with Gasteiger partial charge in [-0.25, -0.2) is 0 Å². The van der Waals surface area contributed by atoms with Crippen LogP contribution >= 0.6 is 15.9 Å². The summed E-state index contributed by atoms with van der Waals surface area (Å²) in [6, 6.07) is 2.91. The van der Waals surface area contributed by atoms with Gasteiger partial charge in [-0.1, -0.05) is 11.6 Å². The molecule has 0 aromatic heterocycles. The Hall–Kier alpha value is -3.21.